The van der Waals surface area contributed by atoms with Crippen molar-refractivity contribution in [3.05, 3.63) is 102 Å². The zero-order chi connectivity index (χ0) is 23.5. The Labute approximate surface area is 202 Å². The maximum Gasteiger partial charge on any atom is 0.293 e. The van der Waals surface area contributed by atoms with Gasteiger partial charge in [0.25, 0.3) is 10.0 Å². The average Bonchev–Trinajstić information content (AvgIpc) is 2.90. The number of hydrazine groups is 1. The first kappa shape index (κ1) is 22.8. The van der Waals surface area contributed by atoms with Gasteiger partial charge in [0.1, 0.15) is 0 Å². The highest BCUT2D eigenvalue weighted by atomic mass is 32.2. The number of hydrogen-bond acceptors (Lipinski definition) is 4. The molecule has 0 spiro atoms. The SMILES string of the molecule is Cc1ccc(S(=O)(=O)N2N=C(c3ccccc3)CC(c3ccccc3)N2C2CCCCC2)cc1. The summed E-state index contributed by atoms with van der Waals surface area (Å²) in [5.41, 5.74) is 3.88. The van der Waals surface area contributed by atoms with E-state index < -0.39 is 10.0 Å². The molecule has 1 aliphatic carbocycles. The first-order valence-corrected chi connectivity index (χ1v) is 13.6. The molecule has 1 aliphatic heterocycles. The number of nitrogens with zero attached hydrogens (tertiary/aromatic N) is 3. The van der Waals surface area contributed by atoms with Gasteiger partial charge in [-0.25, -0.2) is 0 Å². The lowest BCUT2D eigenvalue weighted by Crippen LogP contribution is -2.54. The molecule has 1 heterocycles. The van der Waals surface area contributed by atoms with Crippen LogP contribution in [0, 0.1) is 6.92 Å². The summed E-state index contributed by atoms with van der Waals surface area (Å²) in [4.78, 5) is 0.267. The van der Waals surface area contributed by atoms with Crippen LogP contribution in [0.25, 0.3) is 0 Å². The minimum absolute atomic E-state index is 0.114. The average molecular weight is 474 g/mol. The Balaban J connectivity index is 1.68. The molecule has 2 aliphatic rings. The number of hydrazone groups is 1. The maximum atomic E-state index is 14.1. The van der Waals surface area contributed by atoms with Crippen LogP contribution in [0.4, 0.5) is 0 Å². The van der Waals surface area contributed by atoms with Crippen molar-refractivity contribution in [1.82, 2.24) is 9.53 Å². The predicted octanol–water partition coefficient (Wildman–Crippen LogP) is 6.08. The van der Waals surface area contributed by atoms with E-state index in [1.165, 1.54) is 10.9 Å². The third-order valence-corrected chi connectivity index (χ3v) is 8.45. The molecule has 5 rings (SSSR count). The molecule has 176 valence electrons. The van der Waals surface area contributed by atoms with Gasteiger partial charge in [-0.3, -0.25) is 0 Å². The second kappa shape index (κ2) is 9.72. The van der Waals surface area contributed by atoms with Crippen molar-refractivity contribution in [2.24, 2.45) is 5.10 Å². The van der Waals surface area contributed by atoms with Gasteiger partial charge in [-0.1, -0.05) is 97.6 Å². The third kappa shape index (κ3) is 4.52. The molecule has 1 fully saturated rings. The van der Waals surface area contributed by atoms with Crippen LogP contribution in [0.15, 0.2) is 94.9 Å². The molecule has 1 saturated carbocycles. The summed E-state index contributed by atoms with van der Waals surface area (Å²) in [5.74, 6) is 0. The summed E-state index contributed by atoms with van der Waals surface area (Å²) in [5, 5.41) is 6.91. The van der Waals surface area contributed by atoms with Crippen LogP contribution in [0.2, 0.25) is 0 Å². The van der Waals surface area contributed by atoms with Gasteiger partial charge in [-0.05, 0) is 43.0 Å². The highest BCUT2D eigenvalue weighted by molar-refractivity contribution is 7.89. The zero-order valence-electron chi connectivity index (χ0n) is 19.5. The number of rotatable bonds is 5. The largest absolute Gasteiger partial charge is 0.293 e. The number of hydrogen-bond donors (Lipinski definition) is 0. The lowest BCUT2D eigenvalue weighted by atomic mass is 9.90. The molecule has 3 aromatic rings. The topological polar surface area (TPSA) is 53.0 Å². The standard InChI is InChI=1S/C28H31N3O2S/c1-22-17-19-26(20-18-22)34(32,33)31-29-27(23-11-5-2-6-12-23)21-28(24-13-7-3-8-14-24)30(31)25-15-9-4-10-16-25/h2-3,5-8,11-14,17-20,25,28H,4,9-10,15-16,21H2,1H3. The van der Waals surface area contributed by atoms with Crippen molar-refractivity contribution in [1.29, 1.82) is 0 Å². The van der Waals surface area contributed by atoms with Crippen LogP contribution in [0.1, 0.15) is 61.3 Å². The fourth-order valence-electron chi connectivity index (χ4n) is 5.07. The molecule has 3 aromatic carbocycles. The van der Waals surface area contributed by atoms with Gasteiger partial charge in [0.15, 0.2) is 0 Å². The molecule has 0 radical (unpaired) electrons. The van der Waals surface area contributed by atoms with Crippen molar-refractivity contribution < 1.29 is 8.42 Å². The molecule has 0 aromatic heterocycles. The molecule has 6 heteroatoms. The Morgan fingerprint density at radius 1 is 0.794 bits per heavy atom. The Morgan fingerprint density at radius 2 is 1.41 bits per heavy atom. The second-order valence-corrected chi connectivity index (χ2v) is 11.0. The summed E-state index contributed by atoms with van der Waals surface area (Å²) in [6.07, 6.45) is 6.01. The van der Waals surface area contributed by atoms with Gasteiger partial charge >= 0.3 is 0 Å². The lowest BCUT2D eigenvalue weighted by molar-refractivity contribution is -0.0492. The molecule has 0 N–H and O–H groups in total. The summed E-state index contributed by atoms with van der Waals surface area (Å²) in [6, 6.07) is 27.3. The minimum atomic E-state index is -3.89. The fourth-order valence-corrected chi connectivity index (χ4v) is 6.44. The van der Waals surface area contributed by atoms with E-state index in [2.05, 4.69) is 17.1 Å². The van der Waals surface area contributed by atoms with Crippen molar-refractivity contribution in [3.63, 3.8) is 0 Å². The molecular weight excluding hydrogens is 442 g/mol. The Bertz CT molecular complexity index is 1240. The van der Waals surface area contributed by atoms with Gasteiger partial charge < -0.3 is 0 Å². The van der Waals surface area contributed by atoms with E-state index in [-0.39, 0.29) is 17.0 Å². The van der Waals surface area contributed by atoms with E-state index >= 15 is 0 Å². The van der Waals surface area contributed by atoms with E-state index in [9.17, 15) is 8.42 Å². The van der Waals surface area contributed by atoms with Crippen molar-refractivity contribution >= 4 is 15.7 Å². The molecular formula is C28H31N3O2S. The summed E-state index contributed by atoms with van der Waals surface area (Å²) in [6.45, 7) is 1.96. The summed E-state index contributed by atoms with van der Waals surface area (Å²) < 4.78 is 29.5. The number of sulfonamides is 1. The van der Waals surface area contributed by atoms with Gasteiger partial charge in [0.2, 0.25) is 0 Å². The van der Waals surface area contributed by atoms with Crippen LogP contribution in [-0.2, 0) is 10.0 Å². The van der Waals surface area contributed by atoms with Gasteiger partial charge in [-0.15, -0.1) is 9.62 Å². The smallest absolute Gasteiger partial charge is 0.198 e. The Kier molecular flexibility index (Phi) is 6.53. The first-order chi connectivity index (χ1) is 16.5. The predicted molar refractivity (Wildman–Crippen MR) is 136 cm³/mol. The quantitative estimate of drug-likeness (QED) is 0.451. The molecule has 0 amide bonds. The van der Waals surface area contributed by atoms with Crippen LogP contribution in [-0.4, -0.2) is 29.7 Å². The van der Waals surface area contributed by atoms with Crippen LogP contribution in [0.3, 0.4) is 0 Å². The van der Waals surface area contributed by atoms with Crippen molar-refractivity contribution in [2.45, 2.75) is 62.4 Å². The van der Waals surface area contributed by atoms with E-state index in [0.717, 1.165) is 48.1 Å². The number of benzene rings is 3. The highest BCUT2D eigenvalue weighted by Gasteiger charge is 2.43. The van der Waals surface area contributed by atoms with E-state index in [0.29, 0.717) is 6.42 Å². The van der Waals surface area contributed by atoms with Gasteiger partial charge in [0, 0.05) is 12.5 Å². The molecule has 1 unspecified atom stereocenters. The van der Waals surface area contributed by atoms with E-state index in [4.69, 9.17) is 5.10 Å². The zero-order valence-corrected chi connectivity index (χ0v) is 20.4. The summed E-state index contributed by atoms with van der Waals surface area (Å²) >= 11 is 0. The summed E-state index contributed by atoms with van der Waals surface area (Å²) in [7, 11) is -3.89. The minimum Gasteiger partial charge on any atom is -0.198 e. The number of aryl methyl sites for hydroxylation is 1. The van der Waals surface area contributed by atoms with Gasteiger partial charge in [0.05, 0.1) is 16.6 Å². The monoisotopic (exact) mass is 473 g/mol. The molecule has 0 bridgehead atoms. The Hall–Kier alpha value is -2.96. The Morgan fingerprint density at radius 3 is 2.06 bits per heavy atom. The highest BCUT2D eigenvalue weighted by Crippen LogP contribution is 2.40. The van der Waals surface area contributed by atoms with Crippen LogP contribution < -0.4 is 0 Å². The molecule has 1 atom stereocenters. The van der Waals surface area contributed by atoms with Gasteiger partial charge in [-0.2, -0.15) is 13.4 Å². The van der Waals surface area contributed by atoms with Crippen molar-refractivity contribution in [3.8, 4) is 0 Å². The fraction of sp³-hybridized carbons (Fsp3) is 0.321. The van der Waals surface area contributed by atoms with E-state index in [1.807, 2.05) is 67.6 Å². The van der Waals surface area contributed by atoms with E-state index in [1.54, 1.807) is 12.1 Å². The molecule has 0 saturated heterocycles. The molecule has 5 nitrogen and oxygen atoms in total. The third-order valence-electron chi connectivity index (χ3n) is 6.88. The van der Waals surface area contributed by atoms with Crippen molar-refractivity contribution in [2.75, 3.05) is 0 Å². The van der Waals surface area contributed by atoms with Crippen LogP contribution >= 0.6 is 0 Å². The lowest BCUT2D eigenvalue weighted by Gasteiger charge is -2.46. The molecule has 34 heavy (non-hydrogen) atoms. The first-order valence-electron chi connectivity index (χ1n) is 12.1. The second-order valence-electron chi connectivity index (χ2n) is 9.26. The van der Waals surface area contributed by atoms with Crippen LogP contribution in [0.5, 0.6) is 0 Å². The normalized spacial score (nSPS) is 20.2. The maximum absolute atomic E-state index is 14.1.